The molecule has 0 aromatic heterocycles. The van der Waals surface area contributed by atoms with Crippen molar-refractivity contribution in [3.8, 4) is 0 Å². The minimum absolute atomic E-state index is 0.104. The second-order valence-electron chi connectivity index (χ2n) is 5.42. The number of alkyl halides is 1. The highest BCUT2D eigenvalue weighted by molar-refractivity contribution is 6.17. The quantitative estimate of drug-likeness (QED) is 0.585. The van der Waals surface area contributed by atoms with Crippen molar-refractivity contribution in [3.63, 3.8) is 0 Å². The number of hydrogen-bond donors (Lipinski definition) is 0. The first kappa shape index (κ1) is 15.1. The van der Waals surface area contributed by atoms with Crippen molar-refractivity contribution < 1.29 is 19.1 Å². The molecule has 0 spiro atoms. The van der Waals surface area contributed by atoms with E-state index >= 15 is 0 Å². The first-order valence-corrected chi connectivity index (χ1v) is 6.55. The second-order valence-corrected chi connectivity index (χ2v) is 5.63. The molecule has 0 atom stereocenters. The van der Waals surface area contributed by atoms with Crippen molar-refractivity contribution >= 4 is 23.7 Å². The zero-order valence-electron chi connectivity index (χ0n) is 11.1. The van der Waals surface area contributed by atoms with Crippen LogP contribution in [0.1, 0.15) is 33.6 Å². The highest BCUT2D eigenvalue weighted by Crippen LogP contribution is 2.23. The summed E-state index contributed by atoms with van der Waals surface area (Å²) in [4.78, 5) is 24.3. The molecule has 0 bridgehead atoms. The van der Waals surface area contributed by atoms with Crippen LogP contribution < -0.4 is 0 Å². The van der Waals surface area contributed by atoms with Crippen LogP contribution in [0.25, 0.3) is 0 Å². The number of amides is 1. The second kappa shape index (κ2) is 6.27. The third kappa shape index (κ3) is 5.12. The summed E-state index contributed by atoms with van der Waals surface area (Å²) in [7, 11) is 0. The molecule has 0 N–H and O–H groups in total. The lowest BCUT2D eigenvalue weighted by atomic mass is 9.95. The Kier molecular flexibility index (Phi) is 5.26. The largest absolute Gasteiger partial charge is 0.449 e. The first-order valence-electron chi connectivity index (χ1n) is 6.01. The van der Waals surface area contributed by atoms with Crippen molar-refractivity contribution in [2.75, 3.05) is 19.2 Å². The molecule has 1 aliphatic heterocycles. The highest BCUT2D eigenvalue weighted by Gasteiger charge is 2.33. The average molecular weight is 278 g/mol. The molecule has 1 rings (SSSR count). The third-order valence-corrected chi connectivity index (χ3v) is 2.69. The van der Waals surface area contributed by atoms with E-state index in [2.05, 4.69) is 4.74 Å². The number of carbonyl (C=O) groups excluding carboxylic acids is 2. The van der Waals surface area contributed by atoms with Crippen LogP contribution in [0.15, 0.2) is 0 Å². The van der Waals surface area contributed by atoms with E-state index in [9.17, 15) is 9.59 Å². The smallest absolute Gasteiger partial charge is 0.410 e. The van der Waals surface area contributed by atoms with Crippen LogP contribution in [0.5, 0.6) is 0 Å². The topological polar surface area (TPSA) is 55.8 Å². The maximum atomic E-state index is 11.6. The Morgan fingerprint density at radius 2 is 1.94 bits per heavy atom. The van der Waals surface area contributed by atoms with E-state index in [1.165, 1.54) is 0 Å². The molecule has 1 saturated heterocycles. The van der Waals surface area contributed by atoms with E-state index in [0.29, 0.717) is 25.4 Å². The minimum atomic E-state index is -0.466. The summed E-state index contributed by atoms with van der Waals surface area (Å²) < 4.78 is 9.85. The van der Waals surface area contributed by atoms with Crippen molar-refractivity contribution in [2.24, 2.45) is 5.92 Å². The average Bonchev–Trinajstić information content (AvgIpc) is 2.12. The van der Waals surface area contributed by atoms with Gasteiger partial charge < -0.3 is 14.4 Å². The molecule has 6 heteroatoms. The third-order valence-electron chi connectivity index (χ3n) is 2.58. The van der Waals surface area contributed by atoms with Gasteiger partial charge in [0.25, 0.3) is 0 Å². The molecule has 5 nitrogen and oxygen atoms in total. The molecule has 0 saturated carbocycles. The zero-order chi connectivity index (χ0) is 13.8. The monoisotopic (exact) mass is 277 g/mol. The lowest BCUT2D eigenvalue weighted by molar-refractivity contribution is -0.142. The molecular weight excluding hydrogens is 258 g/mol. The molecule has 0 radical (unpaired) electrons. The van der Waals surface area contributed by atoms with Crippen LogP contribution >= 0.6 is 11.6 Å². The summed E-state index contributed by atoms with van der Waals surface area (Å²) >= 11 is 5.27. The van der Waals surface area contributed by atoms with Gasteiger partial charge in [0.1, 0.15) is 5.60 Å². The van der Waals surface area contributed by atoms with Gasteiger partial charge in [-0.25, -0.2) is 4.79 Å². The van der Waals surface area contributed by atoms with E-state index in [-0.39, 0.29) is 18.1 Å². The summed E-state index contributed by atoms with van der Waals surface area (Å²) in [5.74, 6) is 0.0566. The van der Waals surface area contributed by atoms with Crippen LogP contribution in [0, 0.1) is 5.92 Å². The highest BCUT2D eigenvalue weighted by atomic mass is 35.5. The van der Waals surface area contributed by atoms with Crippen LogP contribution in [0.2, 0.25) is 0 Å². The predicted molar refractivity (Wildman–Crippen MR) is 67.3 cm³/mol. The summed E-state index contributed by atoms with van der Waals surface area (Å²) in [6, 6.07) is -0.104. The Hall–Kier alpha value is -0.970. The van der Waals surface area contributed by atoms with E-state index < -0.39 is 5.60 Å². The van der Waals surface area contributed by atoms with Gasteiger partial charge in [-0.3, -0.25) is 4.79 Å². The minimum Gasteiger partial charge on any atom is -0.449 e. The molecule has 0 aliphatic carbocycles. The fraction of sp³-hybridized carbons (Fsp3) is 0.833. The van der Waals surface area contributed by atoms with Gasteiger partial charge in [0.2, 0.25) is 0 Å². The Balaban J connectivity index is 2.16. The van der Waals surface area contributed by atoms with Crippen LogP contribution in [-0.2, 0) is 14.3 Å². The van der Waals surface area contributed by atoms with Gasteiger partial charge in [0.05, 0.1) is 0 Å². The molecule has 18 heavy (non-hydrogen) atoms. The molecule has 1 fully saturated rings. The Bertz CT molecular complexity index is 308. The maximum absolute atomic E-state index is 11.6. The molecule has 0 aromatic rings. The van der Waals surface area contributed by atoms with Crippen LogP contribution in [-0.4, -0.2) is 41.7 Å². The van der Waals surface area contributed by atoms with Gasteiger partial charge in [-0.2, -0.15) is 0 Å². The van der Waals surface area contributed by atoms with Crippen molar-refractivity contribution in [2.45, 2.75) is 39.2 Å². The van der Waals surface area contributed by atoms with Crippen molar-refractivity contribution in [1.82, 2.24) is 4.90 Å². The number of hydrogen-bond acceptors (Lipinski definition) is 4. The number of halogens is 1. The molecular formula is C12H20ClNO4. The number of ether oxygens (including phenoxy) is 2. The summed E-state index contributed by atoms with van der Waals surface area (Å²) in [5.41, 5.74) is -0.466. The number of carbonyl (C=O) groups is 2. The summed E-state index contributed by atoms with van der Waals surface area (Å²) in [5, 5.41) is 0. The van der Waals surface area contributed by atoms with Gasteiger partial charge in [0.15, 0.2) is 6.07 Å². The van der Waals surface area contributed by atoms with Crippen LogP contribution in [0.3, 0.4) is 0 Å². The fourth-order valence-electron chi connectivity index (χ4n) is 1.68. The van der Waals surface area contributed by atoms with E-state index in [1.54, 1.807) is 4.90 Å². The number of rotatable bonds is 4. The van der Waals surface area contributed by atoms with E-state index in [4.69, 9.17) is 16.3 Å². The standard InChI is InChI=1S/C12H20ClNO4/c1-12(2,3)18-11(16)14-6-9(7-14)4-5-10(15)17-8-13/h9H,4-8H2,1-3H3. The zero-order valence-corrected chi connectivity index (χ0v) is 11.8. The van der Waals surface area contributed by atoms with Crippen molar-refractivity contribution in [3.05, 3.63) is 0 Å². The van der Waals surface area contributed by atoms with Gasteiger partial charge in [-0.15, -0.1) is 0 Å². The maximum Gasteiger partial charge on any atom is 0.410 e. The van der Waals surface area contributed by atoms with Gasteiger partial charge >= 0.3 is 12.1 Å². The molecule has 1 heterocycles. The number of nitrogens with zero attached hydrogens (tertiary/aromatic N) is 1. The fourth-order valence-corrected chi connectivity index (χ4v) is 1.80. The lowest BCUT2D eigenvalue weighted by Gasteiger charge is -2.39. The first-order chi connectivity index (χ1) is 8.31. The normalized spacial score (nSPS) is 16.1. The molecule has 1 amide bonds. The van der Waals surface area contributed by atoms with Crippen LogP contribution in [0.4, 0.5) is 4.79 Å². The van der Waals surface area contributed by atoms with E-state index in [1.807, 2.05) is 20.8 Å². The molecule has 104 valence electrons. The summed E-state index contributed by atoms with van der Waals surface area (Å²) in [6.07, 6.45) is 0.774. The van der Waals surface area contributed by atoms with E-state index in [0.717, 1.165) is 6.42 Å². The van der Waals surface area contributed by atoms with Gasteiger partial charge in [-0.1, -0.05) is 11.6 Å². The lowest BCUT2D eigenvalue weighted by Crippen LogP contribution is -2.51. The SMILES string of the molecule is CC(C)(C)OC(=O)N1CC(CCC(=O)OCCl)C1. The molecule has 1 aliphatic rings. The van der Waals surface area contributed by atoms with Gasteiger partial charge in [0, 0.05) is 19.5 Å². The Morgan fingerprint density at radius 3 is 2.44 bits per heavy atom. The summed E-state index contributed by atoms with van der Waals surface area (Å²) in [6.45, 7) is 6.80. The van der Waals surface area contributed by atoms with Gasteiger partial charge in [-0.05, 0) is 33.1 Å². The number of esters is 1. The molecule has 0 aromatic carbocycles. The molecule has 0 unspecified atom stereocenters. The number of likely N-dealkylation sites (tertiary alicyclic amines) is 1. The van der Waals surface area contributed by atoms with Crippen molar-refractivity contribution in [1.29, 1.82) is 0 Å². The predicted octanol–water partition coefficient (Wildman–Crippen LogP) is 2.37. The Labute approximate surface area is 112 Å². The Morgan fingerprint density at radius 1 is 1.33 bits per heavy atom.